The zero-order valence-electron chi connectivity index (χ0n) is 17.9. The molecule has 0 radical (unpaired) electrons. The average molecular weight is 601 g/mol. The Morgan fingerprint density at radius 3 is 2.14 bits per heavy atom. The highest BCUT2D eigenvalue weighted by molar-refractivity contribution is 9.10. The first-order valence-electron chi connectivity index (χ1n) is 10.1. The van der Waals surface area contributed by atoms with Crippen LogP contribution in [0.4, 0.5) is 11.4 Å². The smallest absolute Gasteiger partial charge is 0.306 e. The first-order valence-corrected chi connectivity index (χ1v) is 12.1. The molecule has 0 spiro atoms. The van der Waals surface area contributed by atoms with Crippen molar-refractivity contribution >= 4 is 79.9 Å². The number of hydrogen-bond acceptors (Lipinski definition) is 5. The van der Waals surface area contributed by atoms with Gasteiger partial charge in [0, 0.05) is 27.3 Å². The largest absolute Gasteiger partial charge is 0.456 e. The lowest BCUT2D eigenvalue weighted by Gasteiger charge is -2.10. The summed E-state index contributed by atoms with van der Waals surface area (Å²) in [6.07, 6.45) is -0.291. The van der Waals surface area contributed by atoms with Crippen molar-refractivity contribution in [1.29, 1.82) is 0 Å². The highest BCUT2D eigenvalue weighted by atomic mass is 79.9. The predicted molar refractivity (Wildman–Crippen MR) is 140 cm³/mol. The standard InChI is InChI=1S/C24H18BrCl3N2O5/c25-18-7-4-16(12-19(18)27)30-23(32)13-34-24(33)10-9-22(31)29-15-2-5-17(6-3-15)35-21-8-1-14(26)11-20(21)28/h1-8,11-12H,9-10,13H2,(H,29,31)(H,30,32). The van der Waals surface area contributed by atoms with E-state index in [9.17, 15) is 14.4 Å². The number of carbonyl (C=O) groups excluding carboxylic acids is 3. The molecule has 0 atom stereocenters. The van der Waals surface area contributed by atoms with Gasteiger partial charge >= 0.3 is 5.97 Å². The Morgan fingerprint density at radius 2 is 1.46 bits per heavy atom. The molecular formula is C24H18BrCl3N2O5. The molecule has 0 bridgehead atoms. The molecule has 0 fully saturated rings. The van der Waals surface area contributed by atoms with Gasteiger partial charge in [-0.15, -0.1) is 0 Å². The second-order valence-electron chi connectivity index (χ2n) is 7.09. The molecule has 0 saturated heterocycles. The molecule has 7 nitrogen and oxygen atoms in total. The number of benzene rings is 3. The average Bonchev–Trinajstić information content (AvgIpc) is 2.82. The van der Waals surface area contributed by atoms with Gasteiger partial charge in [-0.1, -0.05) is 34.8 Å². The van der Waals surface area contributed by atoms with E-state index in [1.165, 1.54) is 0 Å². The van der Waals surface area contributed by atoms with E-state index in [4.69, 9.17) is 44.3 Å². The van der Waals surface area contributed by atoms with Crippen molar-refractivity contribution in [2.24, 2.45) is 0 Å². The minimum atomic E-state index is -0.673. The number of carbonyl (C=O) groups is 3. The third-order valence-corrected chi connectivity index (χ3v) is 6.15. The minimum Gasteiger partial charge on any atom is -0.456 e. The Balaban J connectivity index is 1.38. The van der Waals surface area contributed by atoms with E-state index in [1.54, 1.807) is 60.7 Å². The summed E-state index contributed by atoms with van der Waals surface area (Å²) in [6, 6.07) is 16.4. The van der Waals surface area contributed by atoms with Gasteiger partial charge in [0.1, 0.15) is 11.5 Å². The number of nitrogens with one attached hydrogen (secondary N) is 2. The van der Waals surface area contributed by atoms with E-state index in [2.05, 4.69) is 26.6 Å². The molecule has 0 aliphatic rings. The molecule has 2 N–H and O–H groups in total. The molecule has 3 aromatic carbocycles. The lowest BCUT2D eigenvalue weighted by Crippen LogP contribution is -2.21. The Morgan fingerprint density at radius 1 is 0.771 bits per heavy atom. The summed E-state index contributed by atoms with van der Waals surface area (Å²) >= 11 is 21.2. The summed E-state index contributed by atoms with van der Waals surface area (Å²) in [4.78, 5) is 35.9. The van der Waals surface area contributed by atoms with Gasteiger partial charge < -0.3 is 20.1 Å². The molecule has 3 rings (SSSR count). The highest BCUT2D eigenvalue weighted by Crippen LogP contribution is 2.32. The lowest BCUT2D eigenvalue weighted by atomic mass is 10.2. The zero-order chi connectivity index (χ0) is 25.4. The van der Waals surface area contributed by atoms with Crippen LogP contribution in [0.5, 0.6) is 11.5 Å². The zero-order valence-corrected chi connectivity index (χ0v) is 21.8. The van der Waals surface area contributed by atoms with Crippen molar-refractivity contribution in [3.63, 3.8) is 0 Å². The summed E-state index contributed by atoms with van der Waals surface area (Å²) < 4.78 is 11.3. The van der Waals surface area contributed by atoms with Crippen LogP contribution in [0, 0.1) is 0 Å². The number of rotatable bonds is 9. The summed E-state index contributed by atoms with van der Waals surface area (Å²) in [6.45, 7) is -0.479. The Hall–Kier alpha value is -2.78. The monoisotopic (exact) mass is 598 g/mol. The van der Waals surface area contributed by atoms with Crippen molar-refractivity contribution in [2.45, 2.75) is 12.8 Å². The van der Waals surface area contributed by atoms with Crippen molar-refractivity contribution < 1.29 is 23.9 Å². The molecule has 0 heterocycles. The van der Waals surface area contributed by atoms with Crippen molar-refractivity contribution in [2.75, 3.05) is 17.2 Å². The Kier molecular flexibility index (Phi) is 9.80. The number of hydrogen-bond donors (Lipinski definition) is 2. The van der Waals surface area contributed by atoms with Gasteiger partial charge in [0.25, 0.3) is 5.91 Å². The summed E-state index contributed by atoms with van der Waals surface area (Å²) in [5.41, 5.74) is 0.983. The number of ether oxygens (including phenoxy) is 2. The van der Waals surface area contributed by atoms with Crippen LogP contribution in [-0.2, 0) is 19.1 Å². The van der Waals surface area contributed by atoms with E-state index in [1.807, 2.05) is 0 Å². The molecule has 0 saturated carbocycles. The van der Waals surface area contributed by atoms with E-state index >= 15 is 0 Å². The van der Waals surface area contributed by atoms with Crippen LogP contribution in [0.15, 0.2) is 65.1 Å². The normalized spacial score (nSPS) is 10.4. The van der Waals surface area contributed by atoms with Crippen LogP contribution in [0.2, 0.25) is 15.1 Å². The van der Waals surface area contributed by atoms with Crippen LogP contribution in [0.3, 0.4) is 0 Å². The Labute approximate surface area is 224 Å². The van der Waals surface area contributed by atoms with Gasteiger partial charge in [-0.25, -0.2) is 0 Å². The fraction of sp³-hybridized carbons (Fsp3) is 0.125. The second kappa shape index (κ2) is 12.8. The lowest BCUT2D eigenvalue weighted by molar-refractivity contribution is -0.147. The summed E-state index contributed by atoms with van der Waals surface area (Å²) in [7, 11) is 0. The van der Waals surface area contributed by atoms with Gasteiger partial charge in [-0.2, -0.15) is 0 Å². The molecule has 0 aromatic heterocycles. The third-order valence-electron chi connectivity index (χ3n) is 4.38. The fourth-order valence-corrected chi connectivity index (χ4v) is 3.59. The van der Waals surface area contributed by atoms with Gasteiger partial charge in [0.05, 0.1) is 16.5 Å². The molecule has 182 valence electrons. The molecule has 11 heteroatoms. The minimum absolute atomic E-state index is 0.110. The molecule has 2 amide bonds. The molecule has 35 heavy (non-hydrogen) atoms. The maximum Gasteiger partial charge on any atom is 0.306 e. The van der Waals surface area contributed by atoms with Gasteiger partial charge in [0.15, 0.2) is 6.61 Å². The number of halogens is 4. The topological polar surface area (TPSA) is 93.7 Å². The van der Waals surface area contributed by atoms with E-state index in [0.29, 0.717) is 42.4 Å². The molecule has 0 aliphatic carbocycles. The molecule has 0 unspecified atom stereocenters. The maximum absolute atomic E-state index is 12.1. The molecule has 0 aliphatic heterocycles. The van der Waals surface area contributed by atoms with E-state index in [0.717, 1.165) is 0 Å². The first kappa shape index (κ1) is 26.8. The van der Waals surface area contributed by atoms with Crippen molar-refractivity contribution in [3.8, 4) is 11.5 Å². The van der Waals surface area contributed by atoms with Crippen LogP contribution in [0.1, 0.15) is 12.8 Å². The number of amides is 2. The van der Waals surface area contributed by atoms with Crippen LogP contribution in [-0.4, -0.2) is 24.4 Å². The highest BCUT2D eigenvalue weighted by Gasteiger charge is 2.12. The number of esters is 1. The van der Waals surface area contributed by atoms with Crippen molar-refractivity contribution in [3.05, 3.63) is 80.2 Å². The van der Waals surface area contributed by atoms with Gasteiger partial charge in [0.2, 0.25) is 5.91 Å². The van der Waals surface area contributed by atoms with Crippen molar-refractivity contribution in [1.82, 2.24) is 0 Å². The SMILES string of the molecule is O=C(CCC(=O)OCC(=O)Nc1ccc(Br)c(Cl)c1)Nc1ccc(Oc2ccc(Cl)cc2Cl)cc1. The summed E-state index contributed by atoms with van der Waals surface area (Å²) in [5, 5.41) is 6.54. The maximum atomic E-state index is 12.1. The Bertz CT molecular complexity index is 1240. The quantitative estimate of drug-likeness (QED) is 0.256. The number of anilines is 2. The third kappa shape index (κ3) is 8.74. The van der Waals surface area contributed by atoms with Crippen LogP contribution in [0.25, 0.3) is 0 Å². The van der Waals surface area contributed by atoms with Gasteiger partial charge in [-0.05, 0) is 76.6 Å². The van der Waals surface area contributed by atoms with Crippen LogP contribution >= 0.6 is 50.7 Å². The second-order valence-corrected chi connectivity index (χ2v) is 9.19. The fourth-order valence-electron chi connectivity index (χ4n) is 2.72. The van der Waals surface area contributed by atoms with E-state index in [-0.39, 0.29) is 18.7 Å². The molecular weight excluding hydrogens is 583 g/mol. The van der Waals surface area contributed by atoms with E-state index < -0.39 is 18.5 Å². The van der Waals surface area contributed by atoms with Gasteiger partial charge in [-0.3, -0.25) is 14.4 Å². The molecule has 3 aromatic rings. The first-order chi connectivity index (χ1) is 16.7. The summed E-state index contributed by atoms with van der Waals surface area (Å²) in [5.74, 6) is -0.624. The predicted octanol–water partition coefficient (Wildman–Crippen LogP) is 7.10. The van der Waals surface area contributed by atoms with Crippen LogP contribution < -0.4 is 15.4 Å².